The minimum atomic E-state index is -0.793. The molecule has 15 heavy (non-hydrogen) atoms. The third-order valence-electron chi connectivity index (χ3n) is 1.74. The zero-order valence-electron chi connectivity index (χ0n) is 8.20. The minimum absolute atomic E-state index is 0.115. The third kappa shape index (κ3) is 4.13. The minimum Gasteiger partial charge on any atom is -0.497 e. The van der Waals surface area contributed by atoms with Gasteiger partial charge in [0.25, 0.3) is 0 Å². The Kier molecular flexibility index (Phi) is 4.98. The number of rotatable bonds is 5. The second kappa shape index (κ2) is 6.02. The highest BCUT2D eigenvalue weighted by molar-refractivity contribution is 9.10. The first-order valence-electron chi connectivity index (χ1n) is 4.25. The van der Waals surface area contributed by atoms with Gasteiger partial charge in [-0.3, -0.25) is 4.79 Å². The zero-order chi connectivity index (χ0) is 11.3. The van der Waals surface area contributed by atoms with Gasteiger partial charge < -0.3 is 9.84 Å². The van der Waals surface area contributed by atoms with E-state index in [0.717, 1.165) is 15.8 Å². The Bertz CT molecular complexity index is 355. The molecule has 0 amide bonds. The highest BCUT2D eigenvalue weighted by Crippen LogP contribution is 2.25. The van der Waals surface area contributed by atoms with Gasteiger partial charge in [-0.1, -0.05) is 15.9 Å². The maximum absolute atomic E-state index is 10.3. The summed E-state index contributed by atoms with van der Waals surface area (Å²) < 4.78 is 6.06. The Balaban J connectivity index is 2.62. The number of benzene rings is 1. The van der Waals surface area contributed by atoms with Crippen molar-refractivity contribution in [1.82, 2.24) is 0 Å². The Labute approximate surface area is 101 Å². The average Bonchev–Trinajstić information content (AvgIpc) is 2.20. The molecule has 3 nitrogen and oxygen atoms in total. The molecule has 0 saturated heterocycles. The van der Waals surface area contributed by atoms with E-state index in [4.69, 9.17) is 9.84 Å². The standard InChI is InChI=1S/C10H11BrO3S/c1-14-8-2-3-9(11)7(4-8)5-15-6-10(12)13/h2-4H,5-6H2,1H3,(H,12,13). The predicted octanol–water partition coefficient (Wildman–Crippen LogP) is 2.78. The van der Waals surface area contributed by atoms with Gasteiger partial charge in [-0.05, 0) is 23.8 Å². The molecule has 0 bridgehead atoms. The molecule has 82 valence electrons. The number of hydrogen-bond donors (Lipinski definition) is 1. The summed E-state index contributed by atoms with van der Waals surface area (Å²) in [6.07, 6.45) is 0. The monoisotopic (exact) mass is 290 g/mol. The first-order valence-corrected chi connectivity index (χ1v) is 6.20. The van der Waals surface area contributed by atoms with Crippen molar-refractivity contribution in [3.05, 3.63) is 28.2 Å². The fourth-order valence-electron chi connectivity index (χ4n) is 1.04. The molecule has 1 aromatic carbocycles. The van der Waals surface area contributed by atoms with Crippen LogP contribution in [0, 0.1) is 0 Å². The number of hydrogen-bond acceptors (Lipinski definition) is 3. The molecule has 0 heterocycles. The Morgan fingerprint density at radius 2 is 2.33 bits per heavy atom. The van der Waals surface area contributed by atoms with Crippen LogP contribution in [0.1, 0.15) is 5.56 Å². The summed E-state index contributed by atoms with van der Waals surface area (Å²) >= 11 is 4.77. The predicted molar refractivity (Wildman–Crippen MR) is 64.5 cm³/mol. The van der Waals surface area contributed by atoms with E-state index in [2.05, 4.69) is 15.9 Å². The molecule has 0 aromatic heterocycles. The van der Waals surface area contributed by atoms with Crippen LogP contribution in [0.5, 0.6) is 5.75 Å². The molecular weight excluding hydrogens is 280 g/mol. The first-order chi connectivity index (χ1) is 7.13. The molecule has 0 fully saturated rings. The van der Waals surface area contributed by atoms with E-state index in [1.165, 1.54) is 11.8 Å². The molecule has 1 rings (SSSR count). The molecule has 0 radical (unpaired) electrons. The van der Waals surface area contributed by atoms with Crippen molar-refractivity contribution in [1.29, 1.82) is 0 Å². The number of carbonyl (C=O) groups is 1. The summed E-state index contributed by atoms with van der Waals surface area (Å²) in [5, 5.41) is 8.50. The number of thioether (sulfide) groups is 1. The maximum atomic E-state index is 10.3. The largest absolute Gasteiger partial charge is 0.497 e. The van der Waals surface area contributed by atoms with E-state index in [1.807, 2.05) is 18.2 Å². The van der Waals surface area contributed by atoms with E-state index in [-0.39, 0.29) is 5.75 Å². The summed E-state index contributed by atoms with van der Waals surface area (Å²) in [6, 6.07) is 5.66. The lowest BCUT2D eigenvalue weighted by molar-refractivity contribution is -0.133. The number of carboxylic acids is 1. The van der Waals surface area contributed by atoms with Crippen LogP contribution in [0.25, 0.3) is 0 Å². The number of methoxy groups -OCH3 is 1. The van der Waals surface area contributed by atoms with Crippen LogP contribution in [-0.4, -0.2) is 23.9 Å². The van der Waals surface area contributed by atoms with Crippen molar-refractivity contribution in [2.75, 3.05) is 12.9 Å². The molecule has 0 saturated carbocycles. The summed E-state index contributed by atoms with van der Waals surface area (Å²) in [6.45, 7) is 0. The number of aliphatic carboxylic acids is 1. The quantitative estimate of drug-likeness (QED) is 0.906. The summed E-state index contributed by atoms with van der Waals surface area (Å²) in [5.74, 6) is 0.761. The van der Waals surface area contributed by atoms with Crippen LogP contribution in [0.3, 0.4) is 0 Å². The van der Waals surface area contributed by atoms with Crippen molar-refractivity contribution in [2.24, 2.45) is 0 Å². The molecule has 1 aromatic rings. The highest BCUT2D eigenvalue weighted by atomic mass is 79.9. The molecule has 0 aliphatic rings. The van der Waals surface area contributed by atoms with E-state index >= 15 is 0 Å². The second-order valence-corrected chi connectivity index (χ2v) is 4.68. The molecule has 1 N–H and O–H groups in total. The summed E-state index contributed by atoms with van der Waals surface area (Å²) in [5.41, 5.74) is 1.04. The molecule has 0 aliphatic heterocycles. The lowest BCUT2D eigenvalue weighted by atomic mass is 10.2. The lowest BCUT2D eigenvalue weighted by Crippen LogP contribution is -1.98. The number of carboxylic acid groups (broad SMARTS) is 1. The van der Waals surface area contributed by atoms with Gasteiger partial charge in [-0.25, -0.2) is 0 Å². The van der Waals surface area contributed by atoms with Gasteiger partial charge in [0, 0.05) is 10.2 Å². The molecule has 5 heteroatoms. The van der Waals surface area contributed by atoms with Crippen LogP contribution in [0.2, 0.25) is 0 Å². The Hall–Kier alpha value is -0.680. The fourth-order valence-corrected chi connectivity index (χ4v) is 2.34. The molecule has 0 aliphatic carbocycles. The van der Waals surface area contributed by atoms with Gasteiger partial charge in [0.2, 0.25) is 0 Å². The first kappa shape index (κ1) is 12.4. The number of halogens is 1. The van der Waals surface area contributed by atoms with E-state index in [1.54, 1.807) is 7.11 Å². The Morgan fingerprint density at radius 1 is 1.60 bits per heavy atom. The van der Waals surface area contributed by atoms with E-state index in [0.29, 0.717) is 5.75 Å². The molecule has 0 spiro atoms. The van der Waals surface area contributed by atoms with Gasteiger partial charge in [0.15, 0.2) is 0 Å². The van der Waals surface area contributed by atoms with Gasteiger partial charge in [0.1, 0.15) is 5.75 Å². The van der Waals surface area contributed by atoms with E-state index in [9.17, 15) is 4.79 Å². The fraction of sp³-hybridized carbons (Fsp3) is 0.300. The molecular formula is C10H11BrO3S. The second-order valence-electron chi connectivity index (χ2n) is 2.84. The van der Waals surface area contributed by atoms with E-state index < -0.39 is 5.97 Å². The van der Waals surface area contributed by atoms with Gasteiger partial charge in [-0.2, -0.15) is 0 Å². The van der Waals surface area contributed by atoms with Crippen molar-refractivity contribution < 1.29 is 14.6 Å². The lowest BCUT2D eigenvalue weighted by Gasteiger charge is -2.06. The Morgan fingerprint density at radius 3 is 2.93 bits per heavy atom. The molecule has 0 atom stereocenters. The SMILES string of the molecule is COc1ccc(Br)c(CSCC(=O)O)c1. The van der Waals surface area contributed by atoms with Crippen LogP contribution in [0.4, 0.5) is 0 Å². The van der Waals surface area contributed by atoms with Crippen LogP contribution < -0.4 is 4.74 Å². The topological polar surface area (TPSA) is 46.5 Å². The maximum Gasteiger partial charge on any atom is 0.313 e. The smallest absolute Gasteiger partial charge is 0.313 e. The zero-order valence-corrected chi connectivity index (χ0v) is 10.6. The van der Waals surface area contributed by atoms with Crippen LogP contribution in [-0.2, 0) is 10.5 Å². The van der Waals surface area contributed by atoms with Crippen LogP contribution in [0.15, 0.2) is 22.7 Å². The van der Waals surface area contributed by atoms with Gasteiger partial charge in [0.05, 0.1) is 12.9 Å². The summed E-state index contributed by atoms with van der Waals surface area (Å²) in [4.78, 5) is 10.3. The van der Waals surface area contributed by atoms with Gasteiger partial charge in [-0.15, -0.1) is 11.8 Å². The normalized spacial score (nSPS) is 10.0. The van der Waals surface area contributed by atoms with Crippen molar-refractivity contribution in [3.63, 3.8) is 0 Å². The van der Waals surface area contributed by atoms with Crippen molar-refractivity contribution >= 4 is 33.7 Å². The summed E-state index contributed by atoms with van der Waals surface area (Å²) in [7, 11) is 1.61. The van der Waals surface area contributed by atoms with Crippen molar-refractivity contribution in [3.8, 4) is 5.75 Å². The number of ether oxygens (including phenoxy) is 1. The highest BCUT2D eigenvalue weighted by Gasteiger charge is 2.04. The van der Waals surface area contributed by atoms with Gasteiger partial charge >= 0.3 is 5.97 Å². The van der Waals surface area contributed by atoms with Crippen LogP contribution >= 0.6 is 27.7 Å². The van der Waals surface area contributed by atoms with Crippen molar-refractivity contribution in [2.45, 2.75) is 5.75 Å². The average molecular weight is 291 g/mol. The third-order valence-corrected chi connectivity index (χ3v) is 3.48. The molecule has 0 unspecified atom stereocenters.